The third kappa shape index (κ3) is 5.99. The minimum atomic E-state index is -3.72. The summed E-state index contributed by atoms with van der Waals surface area (Å²) in [6.07, 6.45) is 2.80. The number of hydrogen-bond acceptors (Lipinski definition) is 4. The third-order valence-corrected chi connectivity index (χ3v) is 6.43. The summed E-state index contributed by atoms with van der Waals surface area (Å²) in [6.45, 7) is 0. The summed E-state index contributed by atoms with van der Waals surface area (Å²) in [7, 11) is -2.24. The Bertz CT molecular complexity index is 1230. The van der Waals surface area contributed by atoms with Crippen LogP contribution >= 0.6 is 12.2 Å². The van der Waals surface area contributed by atoms with E-state index in [1.807, 2.05) is 6.07 Å². The van der Waals surface area contributed by atoms with Crippen LogP contribution in [0.25, 0.3) is 6.08 Å². The van der Waals surface area contributed by atoms with Crippen molar-refractivity contribution in [3.63, 3.8) is 0 Å². The van der Waals surface area contributed by atoms with Crippen molar-refractivity contribution in [2.75, 3.05) is 16.7 Å². The summed E-state index contributed by atoms with van der Waals surface area (Å²) in [5.41, 5.74) is 1.73. The maximum Gasteiger partial charge on any atom is 0.264 e. The van der Waals surface area contributed by atoms with E-state index in [1.54, 1.807) is 48.5 Å². The van der Waals surface area contributed by atoms with E-state index >= 15 is 0 Å². The quantitative estimate of drug-likeness (QED) is 0.418. The number of rotatable bonds is 6. The predicted octanol–water partition coefficient (Wildman–Crippen LogP) is 4.18. The van der Waals surface area contributed by atoms with Gasteiger partial charge in [-0.25, -0.2) is 12.8 Å². The SMILES string of the molecule is CN(c1ccccc1)S(=O)(=O)c1ccc(NC(=S)NC(=O)/C=C/c2ccc(F)cc2)cc1. The number of benzene rings is 3. The lowest BCUT2D eigenvalue weighted by molar-refractivity contribution is -0.115. The topological polar surface area (TPSA) is 78.5 Å². The third-order valence-electron chi connectivity index (χ3n) is 4.42. The van der Waals surface area contributed by atoms with Crippen LogP contribution in [0.15, 0.2) is 89.8 Å². The molecule has 3 aromatic carbocycles. The number of nitrogens with one attached hydrogen (secondary N) is 2. The number of carbonyl (C=O) groups excluding carboxylic acids is 1. The lowest BCUT2D eigenvalue weighted by Crippen LogP contribution is -2.32. The number of thiocarbonyl (C=S) groups is 1. The molecule has 3 aromatic rings. The highest BCUT2D eigenvalue weighted by Crippen LogP contribution is 2.22. The van der Waals surface area contributed by atoms with Crippen LogP contribution in [0.2, 0.25) is 0 Å². The predicted molar refractivity (Wildman–Crippen MR) is 128 cm³/mol. The first-order valence-electron chi connectivity index (χ1n) is 9.45. The van der Waals surface area contributed by atoms with Crippen molar-refractivity contribution in [2.24, 2.45) is 0 Å². The number of hydrogen-bond donors (Lipinski definition) is 2. The second-order valence-corrected chi connectivity index (χ2v) is 9.04. The number of amides is 1. The average Bonchev–Trinajstić information content (AvgIpc) is 2.79. The highest BCUT2D eigenvalue weighted by atomic mass is 32.2. The van der Waals surface area contributed by atoms with Crippen LogP contribution in [0.5, 0.6) is 0 Å². The summed E-state index contributed by atoms with van der Waals surface area (Å²) in [6, 6.07) is 20.4. The molecule has 0 aliphatic carbocycles. The molecule has 0 unspecified atom stereocenters. The van der Waals surface area contributed by atoms with Crippen LogP contribution in [0.3, 0.4) is 0 Å². The van der Waals surface area contributed by atoms with Crippen LogP contribution in [0.1, 0.15) is 5.56 Å². The molecule has 0 saturated carbocycles. The molecule has 0 fully saturated rings. The van der Waals surface area contributed by atoms with Crippen molar-refractivity contribution in [3.05, 3.63) is 96.3 Å². The molecular weight excluding hydrogens is 449 g/mol. The molecule has 0 aliphatic rings. The summed E-state index contributed by atoms with van der Waals surface area (Å²) >= 11 is 5.12. The van der Waals surface area contributed by atoms with Gasteiger partial charge in [-0.3, -0.25) is 14.4 Å². The fourth-order valence-corrected chi connectivity index (χ4v) is 4.12. The lowest BCUT2D eigenvalue weighted by atomic mass is 10.2. The standard InChI is InChI=1S/C23H20FN3O3S2/c1-27(20-5-3-2-4-6-20)32(29,30)21-14-12-19(13-15-21)25-23(31)26-22(28)16-9-17-7-10-18(24)11-8-17/h2-16H,1H3,(H2,25,26,28,31)/b16-9+. The summed E-state index contributed by atoms with van der Waals surface area (Å²) in [5, 5.41) is 5.37. The second-order valence-electron chi connectivity index (χ2n) is 6.66. The van der Waals surface area contributed by atoms with Crippen molar-refractivity contribution in [2.45, 2.75) is 4.90 Å². The van der Waals surface area contributed by atoms with Gasteiger partial charge in [0.1, 0.15) is 5.82 Å². The zero-order valence-electron chi connectivity index (χ0n) is 17.0. The van der Waals surface area contributed by atoms with Gasteiger partial charge in [-0.2, -0.15) is 0 Å². The van der Waals surface area contributed by atoms with Gasteiger partial charge in [0.25, 0.3) is 10.0 Å². The first-order chi connectivity index (χ1) is 15.3. The molecule has 9 heteroatoms. The van der Waals surface area contributed by atoms with E-state index in [1.165, 1.54) is 47.8 Å². The van der Waals surface area contributed by atoms with Crippen molar-refractivity contribution < 1.29 is 17.6 Å². The van der Waals surface area contributed by atoms with E-state index in [-0.39, 0.29) is 15.8 Å². The molecular formula is C23H20FN3O3S2. The molecule has 0 atom stereocenters. The largest absolute Gasteiger partial charge is 0.332 e. The highest BCUT2D eigenvalue weighted by molar-refractivity contribution is 7.92. The Labute approximate surface area is 191 Å². The molecule has 0 aromatic heterocycles. The van der Waals surface area contributed by atoms with Crippen LogP contribution in [0, 0.1) is 5.82 Å². The van der Waals surface area contributed by atoms with Crippen LogP contribution in [-0.4, -0.2) is 26.5 Å². The fraction of sp³-hybridized carbons (Fsp3) is 0.0435. The Hall–Kier alpha value is -3.56. The number of halogens is 1. The van der Waals surface area contributed by atoms with Gasteiger partial charge in [-0.1, -0.05) is 30.3 Å². The molecule has 0 radical (unpaired) electrons. The zero-order chi connectivity index (χ0) is 23.1. The van der Waals surface area contributed by atoms with Gasteiger partial charge in [0.05, 0.1) is 10.6 Å². The molecule has 0 spiro atoms. The molecule has 164 valence electrons. The Morgan fingerprint density at radius 1 is 0.969 bits per heavy atom. The summed E-state index contributed by atoms with van der Waals surface area (Å²) in [5.74, 6) is -0.821. The smallest absolute Gasteiger partial charge is 0.264 e. The molecule has 2 N–H and O–H groups in total. The van der Waals surface area contributed by atoms with Gasteiger partial charge in [-0.05, 0) is 72.4 Å². The van der Waals surface area contributed by atoms with E-state index in [9.17, 15) is 17.6 Å². The van der Waals surface area contributed by atoms with Crippen molar-refractivity contribution in [1.82, 2.24) is 5.32 Å². The number of anilines is 2. The molecule has 0 aliphatic heterocycles. The molecule has 0 bridgehead atoms. The first-order valence-corrected chi connectivity index (χ1v) is 11.3. The van der Waals surface area contributed by atoms with E-state index in [4.69, 9.17) is 12.2 Å². The van der Waals surface area contributed by atoms with Gasteiger partial charge < -0.3 is 5.32 Å². The summed E-state index contributed by atoms with van der Waals surface area (Å²) in [4.78, 5) is 12.1. The monoisotopic (exact) mass is 469 g/mol. The molecule has 32 heavy (non-hydrogen) atoms. The Morgan fingerprint density at radius 3 is 2.22 bits per heavy atom. The number of para-hydroxylation sites is 1. The van der Waals surface area contributed by atoms with Crippen LogP contribution < -0.4 is 14.9 Å². The van der Waals surface area contributed by atoms with Gasteiger partial charge >= 0.3 is 0 Å². The minimum absolute atomic E-state index is 0.0516. The van der Waals surface area contributed by atoms with Gasteiger partial charge in [0.2, 0.25) is 5.91 Å². The molecule has 0 heterocycles. The van der Waals surface area contributed by atoms with E-state index in [0.717, 1.165) is 0 Å². The first kappa shape index (κ1) is 23.1. The van der Waals surface area contributed by atoms with Crippen molar-refractivity contribution in [1.29, 1.82) is 0 Å². The van der Waals surface area contributed by atoms with Gasteiger partial charge in [0.15, 0.2) is 5.11 Å². The van der Waals surface area contributed by atoms with E-state index < -0.39 is 15.9 Å². The highest BCUT2D eigenvalue weighted by Gasteiger charge is 2.21. The van der Waals surface area contributed by atoms with Gasteiger partial charge in [-0.15, -0.1) is 0 Å². The van der Waals surface area contributed by atoms with Crippen molar-refractivity contribution in [3.8, 4) is 0 Å². The van der Waals surface area contributed by atoms with E-state index in [2.05, 4.69) is 10.6 Å². The second kappa shape index (κ2) is 10.2. The number of sulfonamides is 1. The fourth-order valence-electron chi connectivity index (χ4n) is 2.71. The number of nitrogens with zero attached hydrogens (tertiary/aromatic N) is 1. The van der Waals surface area contributed by atoms with Crippen molar-refractivity contribution >= 4 is 50.7 Å². The summed E-state index contributed by atoms with van der Waals surface area (Å²) < 4.78 is 39.7. The van der Waals surface area contributed by atoms with Crippen LogP contribution in [0.4, 0.5) is 15.8 Å². The van der Waals surface area contributed by atoms with E-state index in [0.29, 0.717) is 16.9 Å². The molecule has 1 amide bonds. The normalized spacial score (nSPS) is 11.2. The molecule has 3 rings (SSSR count). The maximum absolute atomic E-state index is 12.9. The molecule has 6 nitrogen and oxygen atoms in total. The Morgan fingerprint density at radius 2 is 1.59 bits per heavy atom. The Balaban J connectivity index is 1.59. The van der Waals surface area contributed by atoms with Crippen LogP contribution in [-0.2, 0) is 14.8 Å². The molecule has 0 saturated heterocycles. The average molecular weight is 470 g/mol. The van der Waals surface area contributed by atoms with Gasteiger partial charge in [0, 0.05) is 18.8 Å². The zero-order valence-corrected chi connectivity index (χ0v) is 18.7. The minimum Gasteiger partial charge on any atom is -0.332 e. The maximum atomic E-state index is 12.9. The number of carbonyl (C=O) groups is 1. The lowest BCUT2D eigenvalue weighted by Gasteiger charge is -2.19. The Kier molecular flexibility index (Phi) is 7.34.